The van der Waals surface area contributed by atoms with Gasteiger partial charge in [-0.05, 0) is 19.1 Å². The van der Waals surface area contributed by atoms with Crippen LogP contribution in [0.3, 0.4) is 0 Å². The Labute approximate surface area is 76.3 Å². The molecule has 2 aromatic rings. The molecular formula is C9H12N4. The minimum atomic E-state index is 0.125. The summed E-state index contributed by atoms with van der Waals surface area (Å²) in [6, 6.07) is 6.09. The van der Waals surface area contributed by atoms with E-state index in [1.807, 2.05) is 42.0 Å². The van der Waals surface area contributed by atoms with E-state index in [0.29, 0.717) is 0 Å². The molecule has 2 rings (SSSR count). The highest BCUT2D eigenvalue weighted by Crippen LogP contribution is 2.16. The third kappa shape index (κ3) is 1.30. The van der Waals surface area contributed by atoms with E-state index < -0.39 is 0 Å². The number of hydrazine groups is 1. The molecule has 2 heterocycles. The summed E-state index contributed by atoms with van der Waals surface area (Å²) in [5.74, 6) is 5.37. The van der Waals surface area contributed by atoms with Gasteiger partial charge < -0.3 is 0 Å². The van der Waals surface area contributed by atoms with Crippen LogP contribution in [-0.4, -0.2) is 9.61 Å². The zero-order chi connectivity index (χ0) is 9.26. The van der Waals surface area contributed by atoms with Crippen LogP contribution in [0, 0.1) is 0 Å². The van der Waals surface area contributed by atoms with Gasteiger partial charge in [0.1, 0.15) is 0 Å². The molecule has 0 radical (unpaired) electrons. The van der Waals surface area contributed by atoms with Crippen molar-refractivity contribution in [3.8, 4) is 0 Å². The molecule has 0 amide bonds. The average molecular weight is 176 g/mol. The molecule has 0 aromatic carbocycles. The van der Waals surface area contributed by atoms with Crippen LogP contribution in [0.25, 0.3) is 5.52 Å². The van der Waals surface area contributed by atoms with Gasteiger partial charge >= 0.3 is 0 Å². The van der Waals surface area contributed by atoms with E-state index in [1.54, 1.807) is 0 Å². The van der Waals surface area contributed by atoms with Crippen LogP contribution >= 0.6 is 0 Å². The van der Waals surface area contributed by atoms with Crippen LogP contribution in [0.5, 0.6) is 0 Å². The van der Waals surface area contributed by atoms with E-state index in [9.17, 15) is 0 Å². The molecule has 0 bridgehead atoms. The molecule has 4 nitrogen and oxygen atoms in total. The molecule has 0 spiro atoms. The number of nitrogens with two attached hydrogens (primary N) is 1. The number of nitrogens with one attached hydrogen (secondary N) is 1. The first-order valence-corrected chi connectivity index (χ1v) is 4.21. The predicted octanol–water partition coefficient (Wildman–Crippen LogP) is 0.859. The second-order valence-corrected chi connectivity index (χ2v) is 3.02. The van der Waals surface area contributed by atoms with Crippen LogP contribution in [0.15, 0.2) is 30.6 Å². The monoisotopic (exact) mass is 176 g/mol. The molecule has 0 fully saturated rings. The Morgan fingerprint density at radius 3 is 3.15 bits per heavy atom. The summed E-state index contributed by atoms with van der Waals surface area (Å²) >= 11 is 0. The zero-order valence-electron chi connectivity index (χ0n) is 7.44. The van der Waals surface area contributed by atoms with Gasteiger partial charge in [0.05, 0.1) is 11.7 Å². The van der Waals surface area contributed by atoms with Crippen LogP contribution in [0.2, 0.25) is 0 Å². The summed E-state index contributed by atoms with van der Waals surface area (Å²) in [6.45, 7) is 2.00. The number of hydrogen-bond donors (Lipinski definition) is 2. The molecule has 1 unspecified atom stereocenters. The van der Waals surface area contributed by atoms with Crippen LogP contribution in [0.4, 0.5) is 0 Å². The molecule has 0 aliphatic heterocycles. The lowest BCUT2D eigenvalue weighted by Gasteiger charge is -2.06. The number of hydrogen-bond acceptors (Lipinski definition) is 3. The van der Waals surface area contributed by atoms with Crippen molar-refractivity contribution in [2.75, 3.05) is 0 Å². The predicted molar refractivity (Wildman–Crippen MR) is 50.9 cm³/mol. The van der Waals surface area contributed by atoms with Crippen molar-refractivity contribution in [1.82, 2.24) is 15.0 Å². The topological polar surface area (TPSA) is 55.3 Å². The van der Waals surface area contributed by atoms with E-state index in [1.165, 1.54) is 0 Å². The van der Waals surface area contributed by atoms with E-state index in [-0.39, 0.29) is 6.04 Å². The maximum Gasteiger partial charge on any atom is 0.0709 e. The van der Waals surface area contributed by atoms with Crippen molar-refractivity contribution in [1.29, 1.82) is 0 Å². The second-order valence-electron chi connectivity index (χ2n) is 3.02. The fraction of sp³-hybridized carbons (Fsp3) is 0.222. The highest BCUT2D eigenvalue weighted by atomic mass is 15.2. The van der Waals surface area contributed by atoms with Gasteiger partial charge in [-0.15, -0.1) is 0 Å². The lowest BCUT2D eigenvalue weighted by Crippen LogP contribution is -2.25. The Morgan fingerprint density at radius 2 is 2.38 bits per heavy atom. The SMILES string of the molecule is CC(NN)c1cnn2ccccc12. The molecule has 0 aliphatic carbocycles. The molecule has 13 heavy (non-hydrogen) atoms. The van der Waals surface area contributed by atoms with E-state index in [4.69, 9.17) is 5.84 Å². The van der Waals surface area contributed by atoms with E-state index in [2.05, 4.69) is 10.5 Å². The Hall–Kier alpha value is -1.39. The Bertz CT molecular complexity index is 407. The molecule has 2 aromatic heterocycles. The molecule has 0 saturated carbocycles. The van der Waals surface area contributed by atoms with Crippen molar-refractivity contribution in [3.05, 3.63) is 36.2 Å². The first-order valence-electron chi connectivity index (χ1n) is 4.21. The minimum Gasteiger partial charge on any atom is -0.271 e. The van der Waals surface area contributed by atoms with Crippen molar-refractivity contribution >= 4 is 5.52 Å². The standard InChI is InChI=1S/C9H12N4/c1-7(12-10)8-6-11-13-5-3-2-4-9(8)13/h2-7,12H,10H2,1H3. The zero-order valence-corrected chi connectivity index (χ0v) is 7.44. The maximum absolute atomic E-state index is 5.37. The Kier molecular flexibility index (Phi) is 2.00. The van der Waals surface area contributed by atoms with Gasteiger partial charge in [-0.2, -0.15) is 5.10 Å². The van der Waals surface area contributed by atoms with Crippen LogP contribution in [0.1, 0.15) is 18.5 Å². The number of rotatable bonds is 2. The Balaban J connectivity index is 2.57. The smallest absolute Gasteiger partial charge is 0.0709 e. The van der Waals surface area contributed by atoms with Crippen LogP contribution in [-0.2, 0) is 0 Å². The average Bonchev–Trinajstić information content (AvgIpc) is 2.60. The molecular weight excluding hydrogens is 164 g/mol. The molecule has 0 saturated heterocycles. The summed E-state index contributed by atoms with van der Waals surface area (Å²) in [5, 5.41) is 4.21. The van der Waals surface area contributed by atoms with E-state index in [0.717, 1.165) is 11.1 Å². The first-order chi connectivity index (χ1) is 6.33. The fourth-order valence-corrected chi connectivity index (χ4v) is 1.38. The highest BCUT2D eigenvalue weighted by Gasteiger charge is 2.08. The van der Waals surface area contributed by atoms with Gasteiger partial charge in [0.2, 0.25) is 0 Å². The molecule has 68 valence electrons. The van der Waals surface area contributed by atoms with Gasteiger partial charge in [-0.3, -0.25) is 11.3 Å². The van der Waals surface area contributed by atoms with E-state index >= 15 is 0 Å². The first kappa shape index (κ1) is 8.22. The highest BCUT2D eigenvalue weighted by molar-refractivity contribution is 5.54. The van der Waals surface area contributed by atoms with Gasteiger partial charge in [-0.25, -0.2) is 4.52 Å². The number of nitrogens with zero attached hydrogens (tertiary/aromatic N) is 2. The lowest BCUT2D eigenvalue weighted by atomic mass is 10.1. The number of fused-ring (bicyclic) bond motifs is 1. The summed E-state index contributed by atoms with van der Waals surface area (Å²) < 4.78 is 1.84. The van der Waals surface area contributed by atoms with Crippen molar-refractivity contribution in [3.63, 3.8) is 0 Å². The molecule has 1 atom stereocenters. The third-order valence-corrected chi connectivity index (χ3v) is 2.17. The normalized spacial score (nSPS) is 13.4. The van der Waals surface area contributed by atoms with Gasteiger partial charge in [0.25, 0.3) is 0 Å². The summed E-state index contributed by atoms with van der Waals surface area (Å²) in [7, 11) is 0. The number of aromatic nitrogens is 2. The molecule has 3 N–H and O–H groups in total. The maximum atomic E-state index is 5.37. The summed E-state index contributed by atoms with van der Waals surface area (Å²) in [4.78, 5) is 0. The summed E-state index contributed by atoms with van der Waals surface area (Å²) in [5.41, 5.74) is 4.91. The van der Waals surface area contributed by atoms with Crippen molar-refractivity contribution in [2.45, 2.75) is 13.0 Å². The van der Waals surface area contributed by atoms with Gasteiger partial charge in [0.15, 0.2) is 0 Å². The van der Waals surface area contributed by atoms with Crippen molar-refractivity contribution < 1.29 is 0 Å². The quantitative estimate of drug-likeness (QED) is 0.527. The second kappa shape index (κ2) is 3.16. The molecule has 4 heteroatoms. The molecule has 0 aliphatic rings. The number of pyridine rings is 1. The Morgan fingerprint density at radius 1 is 1.54 bits per heavy atom. The minimum absolute atomic E-state index is 0.125. The van der Waals surface area contributed by atoms with Gasteiger partial charge in [0, 0.05) is 17.8 Å². The van der Waals surface area contributed by atoms with Crippen LogP contribution < -0.4 is 11.3 Å². The third-order valence-electron chi connectivity index (χ3n) is 2.17. The fourth-order valence-electron chi connectivity index (χ4n) is 1.38. The lowest BCUT2D eigenvalue weighted by molar-refractivity contribution is 0.606. The largest absolute Gasteiger partial charge is 0.271 e. The summed E-state index contributed by atoms with van der Waals surface area (Å²) in [6.07, 6.45) is 3.75. The van der Waals surface area contributed by atoms with Gasteiger partial charge in [-0.1, -0.05) is 6.07 Å². The van der Waals surface area contributed by atoms with Crippen molar-refractivity contribution in [2.24, 2.45) is 5.84 Å².